The number of phenols is 1. The van der Waals surface area contributed by atoms with Crippen LogP contribution in [0.3, 0.4) is 0 Å². The molecule has 1 aromatic rings. The Bertz CT molecular complexity index is 552. The molecule has 0 aliphatic carbocycles. The average Bonchev–Trinajstić information content (AvgIpc) is 2.48. The summed E-state index contributed by atoms with van der Waals surface area (Å²) in [7, 11) is 0. The average molecular weight is 401 g/mol. The number of hydrogen-bond donors (Lipinski definition) is 2. The van der Waals surface area contributed by atoms with Crippen molar-refractivity contribution >= 4 is 42.1 Å². The predicted molar refractivity (Wildman–Crippen MR) is 101 cm³/mol. The summed E-state index contributed by atoms with van der Waals surface area (Å²) in [5.74, 6) is 0.179. The molecule has 1 aromatic carbocycles. The van der Waals surface area contributed by atoms with Gasteiger partial charge in [0, 0.05) is 38.3 Å². The van der Waals surface area contributed by atoms with Crippen molar-refractivity contribution in [1.29, 1.82) is 0 Å². The van der Waals surface area contributed by atoms with Crippen molar-refractivity contribution in [3.05, 3.63) is 32.8 Å². The molecule has 0 aromatic heterocycles. The fraction of sp³-hybridized carbons (Fsp3) is 0.600. The summed E-state index contributed by atoms with van der Waals surface area (Å²) in [5, 5.41) is 25.2. The summed E-state index contributed by atoms with van der Waals surface area (Å²) in [6.45, 7) is 7.40. The maximum atomic E-state index is 11.4. The van der Waals surface area contributed by atoms with Crippen molar-refractivity contribution in [1.82, 2.24) is 10.2 Å². The molecule has 9 heteroatoms. The van der Waals surface area contributed by atoms with Gasteiger partial charge in [0.25, 0.3) is 5.69 Å². The molecule has 0 spiro atoms. The quantitative estimate of drug-likeness (QED) is 0.581. The number of nitro benzene ring substituents is 1. The molecule has 0 amide bonds. The molecule has 0 bridgehead atoms. The van der Waals surface area contributed by atoms with Crippen LogP contribution in [0.2, 0.25) is 5.02 Å². The molecule has 6 nitrogen and oxygen atoms in total. The van der Waals surface area contributed by atoms with E-state index in [0.29, 0.717) is 11.5 Å². The van der Waals surface area contributed by atoms with E-state index < -0.39 is 4.92 Å². The third-order valence-electron chi connectivity index (χ3n) is 3.96. The zero-order valence-electron chi connectivity index (χ0n) is 13.7. The van der Waals surface area contributed by atoms with Crippen molar-refractivity contribution < 1.29 is 10.0 Å². The molecule has 0 radical (unpaired) electrons. The zero-order valence-corrected chi connectivity index (χ0v) is 16.1. The lowest BCUT2D eigenvalue weighted by Crippen LogP contribution is -2.45. The largest absolute Gasteiger partial charge is 0.506 e. The maximum Gasteiger partial charge on any atom is 0.278 e. The van der Waals surface area contributed by atoms with Gasteiger partial charge in [-0.05, 0) is 18.4 Å². The van der Waals surface area contributed by atoms with E-state index in [1.165, 1.54) is 12.1 Å². The lowest BCUT2D eigenvalue weighted by Gasteiger charge is -2.36. The van der Waals surface area contributed by atoms with Gasteiger partial charge in [0.2, 0.25) is 0 Å². The third kappa shape index (κ3) is 5.36. The normalized spacial score (nSPS) is 16.2. The van der Waals surface area contributed by atoms with E-state index in [1.54, 1.807) is 0 Å². The van der Waals surface area contributed by atoms with Gasteiger partial charge in [0.15, 0.2) is 0 Å². The first-order valence-corrected chi connectivity index (χ1v) is 7.90. The monoisotopic (exact) mass is 399 g/mol. The number of hydrogen-bond acceptors (Lipinski definition) is 5. The first-order valence-electron chi connectivity index (χ1n) is 7.52. The van der Waals surface area contributed by atoms with E-state index in [1.807, 2.05) is 0 Å². The minimum absolute atomic E-state index is 0. The summed E-state index contributed by atoms with van der Waals surface area (Å²) in [5.41, 5.74) is 0.277. The van der Waals surface area contributed by atoms with E-state index in [2.05, 4.69) is 24.1 Å². The molecule has 1 aliphatic rings. The number of aromatic hydroxyl groups is 1. The van der Waals surface area contributed by atoms with Crippen molar-refractivity contribution in [3.8, 4) is 5.75 Å². The zero-order chi connectivity index (χ0) is 16.3. The van der Waals surface area contributed by atoms with Crippen molar-refractivity contribution in [2.45, 2.75) is 26.3 Å². The number of nitrogens with one attached hydrogen (secondary N) is 1. The highest BCUT2D eigenvalue weighted by Crippen LogP contribution is 2.43. The Labute approximate surface area is 159 Å². The lowest BCUT2D eigenvalue weighted by molar-refractivity contribution is -0.386. The molecule has 0 unspecified atom stereocenters. The Morgan fingerprint density at radius 1 is 1.33 bits per heavy atom. The van der Waals surface area contributed by atoms with Crippen LogP contribution in [0.5, 0.6) is 5.75 Å². The molecule has 1 atom stereocenters. The first kappa shape index (κ1) is 23.2. The standard InChI is InChI=1S/C15H22ClN3O3.2ClH/c1-10(2)9-13(18-7-5-17-6-8-18)14-12(19(21)22)4-3-11(16)15(14)20;;/h3-4,10,13,17,20H,5-9H2,1-2H3;2*1H/t13-;;/m1../s1. The van der Waals surface area contributed by atoms with Crippen LogP contribution in [-0.2, 0) is 0 Å². The van der Waals surface area contributed by atoms with E-state index in [-0.39, 0.29) is 47.3 Å². The smallest absolute Gasteiger partial charge is 0.278 e. The van der Waals surface area contributed by atoms with Crippen molar-refractivity contribution in [2.24, 2.45) is 5.92 Å². The topological polar surface area (TPSA) is 78.6 Å². The van der Waals surface area contributed by atoms with Gasteiger partial charge >= 0.3 is 0 Å². The second kappa shape index (κ2) is 10.3. The fourth-order valence-electron chi connectivity index (χ4n) is 2.95. The molecule has 2 N–H and O–H groups in total. The third-order valence-corrected chi connectivity index (χ3v) is 4.27. The summed E-state index contributed by atoms with van der Waals surface area (Å²) in [6, 6.07) is 2.55. The van der Waals surface area contributed by atoms with E-state index in [4.69, 9.17) is 11.6 Å². The highest BCUT2D eigenvalue weighted by molar-refractivity contribution is 6.32. The molecular weight excluding hydrogens is 377 g/mol. The van der Waals surface area contributed by atoms with Crippen LogP contribution in [-0.4, -0.2) is 41.1 Å². The second-order valence-corrected chi connectivity index (χ2v) is 6.42. The van der Waals surface area contributed by atoms with Crippen LogP contribution in [0.4, 0.5) is 5.69 Å². The van der Waals surface area contributed by atoms with Gasteiger partial charge in [-0.15, -0.1) is 24.8 Å². The Balaban J connectivity index is 0.00000264. The molecule has 1 saturated heterocycles. The minimum atomic E-state index is -0.444. The molecule has 138 valence electrons. The van der Waals surface area contributed by atoms with Gasteiger partial charge < -0.3 is 10.4 Å². The van der Waals surface area contributed by atoms with E-state index >= 15 is 0 Å². The number of nitro groups is 1. The molecule has 1 aliphatic heterocycles. The minimum Gasteiger partial charge on any atom is -0.506 e. The van der Waals surface area contributed by atoms with Crippen LogP contribution < -0.4 is 5.32 Å². The first-order chi connectivity index (χ1) is 10.4. The molecule has 0 saturated carbocycles. The Hall–Kier alpha value is -0.790. The van der Waals surface area contributed by atoms with Gasteiger partial charge in [-0.2, -0.15) is 0 Å². The maximum absolute atomic E-state index is 11.4. The SMILES string of the molecule is CC(C)C[C@H](c1c([N+](=O)[O-])ccc(Cl)c1O)N1CCNCC1.Cl.Cl. The van der Waals surface area contributed by atoms with Crippen LogP contribution in [0.1, 0.15) is 31.9 Å². The van der Waals surface area contributed by atoms with Crippen molar-refractivity contribution in [2.75, 3.05) is 26.2 Å². The van der Waals surface area contributed by atoms with E-state index in [0.717, 1.165) is 32.6 Å². The Kier molecular flexibility index (Phi) is 9.92. The number of piperazine rings is 1. The van der Waals surface area contributed by atoms with Gasteiger partial charge in [-0.3, -0.25) is 15.0 Å². The number of phenolic OH excluding ortho intramolecular Hbond substituents is 1. The molecule has 24 heavy (non-hydrogen) atoms. The summed E-state index contributed by atoms with van der Waals surface area (Å²) < 4.78 is 0. The second-order valence-electron chi connectivity index (χ2n) is 6.02. The van der Waals surface area contributed by atoms with Gasteiger partial charge in [0.1, 0.15) is 5.75 Å². The van der Waals surface area contributed by atoms with Crippen LogP contribution in [0.15, 0.2) is 12.1 Å². The highest BCUT2D eigenvalue weighted by atomic mass is 35.5. The Morgan fingerprint density at radius 2 is 1.92 bits per heavy atom. The Morgan fingerprint density at radius 3 is 2.42 bits per heavy atom. The molecule has 1 fully saturated rings. The predicted octanol–water partition coefficient (Wildman–Crippen LogP) is 3.79. The van der Waals surface area contributed by atoms with Crippen molar-refractivity contribution in [3.63, 3.8) is 0 Å². The summed E-state index contributed by atoms with van der Waals surface area (Å²) >= 11 is 6.01. The number of rotatable bonds is 5. The van der Waals surface area contributed by atoms with Crippen LogP contribution in [0, 0.1) is 16.0 Å². The number of nitrogens with zero attached hydrogens (tertiary/aromatic N) is 2. The molecular formula is C15H24Cl3N3O3. The van der Waals surface area contributed by atoms with Gasteiger partial charge in [-0.25, -0.2) is 0 Å². The number of benzene rings is 1. The van der Waals surface area contributed by atoms with E-state index in [9.17, 15) is 15.2 Å². The molecule has 2 rings (SSSR count). The highest BCUT2D eigenvalue weighted by Gasteiger charge is 2.32. The van der Waals surface area contributed by atoms with Crippen LogP contribution in [0.25, 0.3) is 0 Å². The lowest BCUT2D eigenvalue weighted by atomic mass is 9.93. The van der Waals surface area contributed by atoms with Gasteiger partial charge in [0.05, 0.1) is 15.5 Å². The fourth-order valence-corrected chi connectivity index (χ4v) is 3.11. The van der Waals surface area contributed by atoms with Crippen LogP contribution >= 0.6 is 36.4 Å². The molecule has 1 heterocycles. The number of halogens is 3. The summed E-state index contributed by atoms with van der Waals surface area (Å²) in [6.07, 6.45) is 0.731. The van der Waals surface area contributed by atoms with Gasteiger partial charge in [-0.1, -0.05) is 25.4 Å². The summed E-state index contributed by atoms with van der Waals surface area (Å²) in [4.78, 5) is 13.1.